The van der Waals surface area contributed by atoms with E-state index in [0.29, 0.717) is 9.76 Å². The van der Waals surface area contributed by atoms with E-state index in [0.717, 1.165) is 6.04 Å². The summed E-state index contributed by atoms with van der Waals surface area (Å²) in [5.74, 6) is 0. The maximum atomic E-state index is 4.82. The second kappa shape index (κ2) is 4.09. The van der Waals surface area contributed by atoms with Crippen LogP contribution in [0.25, 0.3) is 0 Å². The second-order valence-electron chi connectivity index (χ2n) is 1.48. The Kier molecular flexibility index (Phi) is 4.04. The molecule has 0 heterocycles. The molecule has 0 atom stereocenters. The highest BCUT2D eigenvalue weighted by atomic mass is 28.2. The van der Waals surface area contributed by atoms with E-state index in [1.807, 2.05) is 6.92 Å². The van der Waals surface area contributed by atoms with Crippen molar-refractivity contribution in [3.63, 3.8) is 0 Å². The Balaban J connectivity index is 2.82. The number of hydrogen-bond donors (Lipinski definition) is 0. The van der Waals surface area contributed by atoms with Crippen molar-refractivity contribution in [1.82, 2.24) is 0 Å². The van der Waals surface area contributed by atoms with Crippen LogP contribution in [0.4, 0.5) is 0 Å². The first-order valence-electron chi connectivity index (χ1n) is 2.17. The molecule has 40 valence electrons. The lowest BCUT2D eigenvalue weighted by Gasteiger charge is -1.91. The van der Waals surface area contributed by atoms with Gasteiger partial charge in [0.05, 0.1) is 0 Å². The van der Waals surface area contributed by atoms with Crippen LogP contribution in [-0.4, -0.2) is 16.9 Å². The van der Waals surface area contributed by atoms with Gasteiger partial charge in [0.25, 0.3) is 0 Å². The smallest absolute Gasteiger partial charge is 0.233 e. The highest BCUT2D eigenvalue weighted by molar-refractivity contribution is 6.28. The standard InChI is InChI=1S/C5H10OSi/c1-5(2)4-7-6-3/h1,4H2,2-3H3. The van der Waals surface area contributed by atoms with E-state index in [1.54, 1.807) is 7.11 Å². The van der Waals surface area contributed by atoms with Crippen molar-refractivity contribution in [1.29, 1.82) is 0 Å². The lowest BCUT2D eigenvalue weighted by atomic mass is 10.4. The van der Waals surface area contributed by atoms with Crippen LogP contribution in [0.15, 0.2) is 12.2 Å². The van der Waals surface area contributed by atoms with E-state index in [4.69, 9.17) is 4.43 Å². The van der Waals surface area contributed by atoms with Crippen molar-refractivity contribution in [2.24, 2.45) is 0 Å². The van der Waals surface area contributed by atoms with Gasteiger partial charge in [-0.15, -0.1) is 6.58 Å². The maximum Gasteiger partial charge on any atom is 0.233 e. The SMILES string of the molecule is C=C(C)C[Si]OC. The first-order valence-corrected chi connectivity index (χ1v) is 3.29. The zero-order valence-corrected chi connectivity index (χ0v) is 5.82. The second-order valence-corrected chi connectivity index (χ2v) is 2.53. The van der Waals surface area contributed by atoms with Crippen LogP contribution in [0.2, 0.25) is 6.04 Å². The van der Waals surface area contributed by atoms with Gasteiger partial charge in [-0.3, -0.25) is 0 Å². The molecule has 0 fully saturated rings. The van der Waals surface area contributed by atoms with Crippen molar-refractivity contribution in [3.05, 3.63) is 12.2 Å². The molecule has 2 heteroatoms. The summed E-state index contributed by atoms with van der Waals surface area (Å²) in [6, 6.07) is 1.01. The van der Waals surface area contributed by atoms with Crippen LogP contribution in [-0.2, 0) is 4.43 Å². The van der Waals surface area contributed by atoms with E-state index in [1.165, 1.54) is 5.57 Å². The van der Waals surface area contributed by atoms with Crippen LogP contribution in [0.1, 0.15) is 6.92 Å². The normalized spacial score (nSPS) is 8.86. The fourth-order valence-corrected chi connectivity index (χ4v) is 0.586. The average molecular weight is 114 g/mol. The summed E-state index contributed by atoms with van der Waals surface area (Å²) in [6.45, 7) is 5.73. The Morgan fingerprint density at radius 1 is 1.86 bits per heavy atom. The molecule has 0 aliphatic rings. The molecule has 0 rings (SSSR count). The van der Waals surface area contributed by atoms with Gasteiger partial charge in [0.1, 0.15) is 0 Å². The summed E-state index contributed by atoms with van der Waals surface area (Å²) >= 11 is 0. The van der Waals surface area contributed by atoms with E-state index in [9.17, 15) is 0 Å². The Morgan fingerprint density at radius 2 is 2.43 bits per heavy atom. The quantitative estimate of drug-likeness (QED) is 0.396. The highest BCUT2D eigenvalue weighted by Crippen LogP contribution is 1.92. The topological polar surface area (TPSA) is 9.23 Å². The molecule has 2 radical (unpaired) electrons. The molecular weight excluding hydrogens is 104 g/mol. The summed E-state index contributed by atoms with van der Waals surface area (Å²) < 4.78 is 4.82. The molecule has 0 aromatic heterocycles. The van der Waals surface area contributed by atoms with Crippen molar-refractivity contribution in [2.75, 3.05) is 7.11 Å². The minimum atomic E-state index is 0.596. The molecule has 0 N–H and O–H groups in total. The van der Waals surface area contributed by atoms with Crippen LogP contribution >= 0.6 is 0 Å². The Morgan fingerprint density at radius 3 is 2.57 bits per heavy atom. The van der Waals surface area contributed by atoms with Gasteiger partial charge in [0.15, 0.2) is 0 Å². The molecule has 0 aromatic rings. The lowest BCUT2D eigenvalue weighted by molar-refractivity contribution is 0.443. The highest BCUT2D eigenvalue weighted by Gasteiger charge is 1.85. The molecule has 0 saturated carbocycles. The molecular formula is C5H10OSi. The number of hydrogen-bond acceptors (Lipinski definition) is 1. The third-order valence-corrected chi connectivity index (χ3v) is 1.55. The van der Waals surface area contributed by atoms with Crippen molar-refractivity contribution < 1.29 is 4.43 Å². The van der Waals surface area contributed by atoms with Crippen LogP contribution < -0.4 is 0 Å². The van der Waals surface area contributed by atoms with E-state index in [2.05, 4.69) is 6.58 Å². The minimum Gasteiger partial charge on any atom is -0.420 e. The van der Waals surface area contributed by atoms with Crippen LogP contribution in [0.3, 0.4) is 0 Å². The van der Waals surface area contributed by atoms with Crippen molar-refractivity contribution in [2.45, 2.75) is 13.0 Å². The predicted octanol–water partition coefficient (Wildman–Crippen LogP) is 1.25. The Hall–Kier alpha value is -0.0831. The van der Waals surface area contributed by atoms with Crippen LogP contribution in [0.5, 0.6) is 0 Å². The minimum absolute atomic E-state index is 0.596. The molecule has 0 unspecified atom stereocenters. The molecule has 0 aromatic carbocycles. The van der Waals surface area contributed by atoms with E-state index in [-0.39, 0.29) is 0 Å². The molecule has 0 amide bonds. The molecule has 0 spiro atoms. The first-order chi connectivity index (χ1) is 3.27. The fourth-order valence-electron chi connectivity index (χ4n) is 0.195. The molecule has 0 aliphatic heterocycles. The summed E-state index contributed by atoms with van der Waals surface area (Å²) in [7, 11) is 2.31. The molecule has 1 nitrogen and oxygen atoms in total. The lowest BCUT2D eigenvalue weighted by Crippen LogP contribution is -1.91. The number of rotatable bonds is 3. The molecule has 0 aliphatic carbocycles. The van der Waals surface area contributed by atoms with Gasteiger partial charge >= 0.3 is 0 Å². The van der Waals surface area contributed by atoms with Gasteiger partial charge in [-0.2, -0.15) is 0 Å². The molecule has 7 heavy (non-hydrogen) atoms. The van der Waals surface area contributed by atoms with Gasteiger partial charge in [-0.05, 0) is 13.0 Å². The van der Waals surface area contributed by atoms with Crippen LogP contribution in [0, 0.1) is 0 Å². The van der Waals surface area contributed by atoms with Gasteiger partial charge in [-0.1, -0.05) is 5.57 Å². The van der Waals surface area contributed by atoms with Gasteiger partial charge in [0.2, 0.25) is 9.76 Å². The van der Waals surface area contributed by atoms with E-state index >= 15 is 0 Å². The van der Waals surface area contributed by atoms with Gasteiger partial charge < -0.3 is 4.43 Å². The predicted molar refractivity (Wildman–Crippen MR) is 32.4 cm³/mol. The third kappa shape index (κ3) is 5.92. The first kappa shape index (κ1) is 6.92. The third-order valence-electron chi connectivity index (χ3n) is 0.518. The van der Waals surface area contributed by atoms with Crippen molar-refractivity contribution in [3.8, 4) is 0 Å². The molecule has 0 bridgehead atoms. The zero-order valence-electron chi connectivity index (χ0n) is 4.82. The monoisotopic (exact) mass is 114 g/mol. The zero-order chi connectivity index (χ0) is 5.70. The maximum absolute atomic E-state index is 4.82. The summed E-state index contributed by atoms with van der Waals surface area (Å²) in [5.41, 5.74) is 1.19. The van der Waals surface area contributed by atoms with Crippen molar-refractivity contribution >= 4 is 9.76 Å². The number of allylic oxidation sites excluding steroid dienone is 1. The molecule has 0 saturated heterocycles. The largest absolute Gasteiger partial charge is 0.420 e. The Bertz CT molecular complexity index is 61.1. The summed E-state index contributed by atoms with van der Waals surface area (Å²) in [6.07, 6.45) is 0. The van der Waals surface area contributed by atoms with E-state index < -0.39 is 0 Å². The fraction of sp³-hybridized carbons (Fsp3) is 0.600. The summed E-state index contributed by atoms with van der Waals surface area (Å²) in [4.78, 5) is 0. The van der Waals surface area contributed by atoms with Gasteiger partial charge in [-0.25, -0.2) is 0 Å². The average Bonchev–Trinajstić information content (AvgIpc) is 1.61. The Labute approximate surface area is 47.3 Å². The summed E-state index contributed by atoms with van der Waals surface area (Å²) in [5, 5.41) is 0. The van der Waals surface area contributed by atoms with Gasteiger partial charge in [0, 0.05) is 7.11 Å².